The average molecular weight is 212 g/mol. The van der Waals surface area contributed by atoms with Crippen LogP contribution in [0.15, 0.2) is 24.3 Å². The quantitative estimate of drug-likeness (QED) is 0.793. The van der Waals surface area contributed by atoms with Gasteiger partial charge in [0.25, 0.3) is 0 Å². The van der Waals surface area contributed by atoms with Gasteiger partial charge in [-0.2, -0.15) is 0 Å². The maximum absolute atomic E-state index is 3.53. The van der Waals surface area contributed by atoms with E-state index in [1.54, 1.807) is 11.1 Å². The van der Waals surface area contributed by atoms with E-state index in [1.807, 2.05) is 0 Å². The second-order valence-corrected chi connectivity index (χ2v) is 3.77. The minimum Gasteiger partial charge on any atom is -0.314 e. The summed E-state index contributed by atoms with van der Waals surface area (Å²) in [5.74, 6) is 0. The van der Waals surface area contributed by atoms with E-state index < -0.39 is 0 Å². The molecule has 1 N–H and O–H groups in total. The SMILES string of the molecule is CCNC1CCc2ccccc2C1.Cl. The highest BCUT2D eigenvalue weighted by molar-refractivity contribution is 5.85. The van der Waals surface area contributed by atoms with Gasteiger partial charge in [0, 0.05) is 6.04 Å². The van der Waals surface area contributed by atoms with Crippen molar-refractivity contribution in [1.29, 1.82) is 0 Å². The Morgan fingerprint density at radius 1 is 1.29 bits per heavy atom. The maximum Gasteiger partial charge on any atom is 0.0111 e. The molecule has 0 amide bonds. The van der Waals surface area contributed by atoms with Gasteiger partial charge in [0.2, 0.25) is 0 Å². The maximum atomic E-state index is 3.53. The van der Waals surface area contributed by atoms with Gasteiger partial charge >= 0.3 is 0 Å². The summed E-state index contributed by atoms with van der Waals surface area (Å²) in [7, 11) is 0. The second kappa shape index (κ2) is 5.38. The topological polar surface area (TPSA) is 12.0 Å². The van der Waals surface area contributed by atoms with Gasteiger partial charge in [-0.3, -0.25) is 0 Å². The van der Waals surface area contributed by atoms with Crippen LogP contribution in [0.2, 0.25) is 0 Å². The van der Waals surface area contributed by atoms with E-state index in [2.05, 4.69) is 36.5 Å². The highest BCUT2D eigenvalue weighted by Crippen LogP contribution is 2.20. The number of fused-ring (bicyclic) bond motifs is 1. The summed E-state index contributed by atoms with van der Waals surface area (Å²) in [6, 6.07) is 9.52. The van der Waals surface area contributed by atoms with E-state index >= 15 is 0 Å². The lowest BCUT2D eigenvalue weighted by molar-refractivity contribution is 0.470. The normalized spacial score (nSPS) is 19.6. The van der Waals surface area contributed by atoms with Crippen molar-refractivity contribution in [1.82, 2.24) is 5.32 Å². The van der Waals surface area contributed by atoms with E-state index in [1.165, 1.54) is 19.3 Å². The predicted octanol–water partition coefficient (Wildman–Crippen LogP) is 2.58. The lowest BCUT2D eigenvalue weighted by Crippen LogP contribution is -2.34. The second-order valence-electron chi connectivity index (χ2n) is 3.77. The van der Waals surface area contributed by atoms with Crippen molar-refractivity contribution in [3.05, 3.63) is 35.4 Å². The fourth-order valence-electron chi connectivity index (χ4n) is 2.16. The van der Waals surface area contributed by atoms with E-state index in [0.29, 0.717) is 6.04 Å². The first-order valence-electron chi connectivity index (χ1n) is 5.20. The lowest BCUT2D eigenvalue weighted by Gasteiger charge is -2.24. The number of nitrogens with one attached hydrogen (secondary N) is 1. The van der Waals surface area contributed by atoms with Crippen LogP contribution in [0, 0.1) is 0 Å². The standard InChI is InChI=1S/C12H17N.ClH/c1-2-13-12-8-7-10-5-3-4-6-11(10)9-12;/h3-6,12-13H,2,7-9H2,1H3;1H. The molecule has 1 atom stereocenters. The number of likely N-dealkylation sites (N-methyl/N-ethyl adjacent to an activating group) is 1. The molecular formula is C12H18ClN. The molecule has 1 unspecified atom stereocenters. The highest BCUT2D eigenvalue weighted by Gasteiger charge is 2.16. The van der Waals surface area contributed by atoms with Crippen LogP contribution < -0.4 is 5.32 Å². The Morgan fingerprint density at radius 3 is 2.71 bits per heavy atom. The number of aryl methyl sites for hydroxylation is 1. The Labute approximate surface area is 92.3 Å². The van der Waals surface area contributed by atoms with Gasteiger partial charge in [0.05, 0.1) is 0 Å². The molecule has 0 bridgehead atoms. The van der Waals surface area contributed by atoms with Crippen molar-refractivity contribution >= 4 is 12.4 Å². The number of rotatable bonds is 2. The molecular weight excluding hydrogens is 194 g/mol. The Hall–Kier alpha value is -0.530. The molecule has 0 saturated carbocycles. The molecule has 0 spiro atoms. The highest BCUT2D eigenvalue weighted by atomic mass is 35.5. The number of hydrogen-bond acceptors (Lipinski definition) is 1. The first-order valence-corrected chi connectivity index (χ1v) is 5.20. The molecule has 2 rings (SSSR count). The smallest absolute Gasteiger partial charge is 0.0111 e. The summed E-state index contributed by atoms with van der Waals surface area (Å²) in [6.45, 7) is 3.27. The molecule has 14 heavy (non-hydrogen) atoms. The fourth-order valence-corrected chi connectivity index (χ4v) is 2.16. The number of halogens is 1. The summed E-state index contributed by atoms with van der Waals surface area (Å²) < 4.78 is 0. The molecule has 0 aliphatic heterocycles. The van der Waals surface area contributed by atoms with E-state index in [9.17, 15) is 0 Å². The average Bonchev–Trinajstić information content (AvgIpc) is 2.18. The lowest BCUT2D eigenvalue weighted by atomic mass is 9.88. The van der Waals surface area contributed by atoms with Crippen molar-refractivity contribution in [3.63, 3.8) is 0 Å². The van der Waals surface area contributed by atoms with Gasteiger partial charge in [-0.05, 0) is 36.9 Å². The molecule has 78 valence electrons. The predicted molar refractivity (Wildman–Crippen MR) is 63.2 cm³/mol. The Kier molecular flexibility index (Phi) is 4.43. The van der Waals surface area contributed by atoms with Crippen LogP contribution in [0.5, 0.6) is 0 Å². The summed E-state index contributed by atoms with van der Waals surface area (Å²) in [4.78, 5) is 0. The van der Waals surface area contributed by atoms with Gasteiger partial charge in [0.15, 0.2) is 0 Å². The van der Waals surface area contributed by atoms with Crippen LogP contribution in [0.4, 0.5) is 0 Å². The molecule has 1 aliphatic rings. The van der Waals surface area contributed by atoms with Crippen LogP contribution in [0.3, 0.4) is 0 Å². The van der Waals surface area contributed by atoms with Crippen molar-refractivity contribution in [2.75, 3.05) is 6.54 Å². The van der Waals surface area contributed by atoms with Crippen LogP contribution in [0.25, 0.3) is 0 Å². The van der Waals surface area contributed by atoms with Gasteiger partial charge in [0.1, 0.15) is 0 Å². The molecule has 0 fully saturated rings. The third-order valence-corrected chi connectivity index (χ3v) is 2.84. The zero-order valence-electron chi connectivity index (χ0n) is 8.62. The van der Waals surface area contributed by atoms with Crippen molar-refractivity contribution in [2.24, 2.45) is 0 Å². The minimum atomic E-state index is 0. The first-order chi connectivity index (χ1) is 6.40. The number of hydrogen-bond donors (Lipinski definition) is 1. The van der Waals surface area contributed by atoms with Gasteiger partial charge in [-0.1, -0.05) is 31.2 Å². The van der Waals surface area contributed by atoms with Gasteiger partial charge in [-0.25, -0.2) is 0 Å². The van der Waals surface area contributed by atoms with Crippen LogP contribution in [-0.4, -0.2) is 12.6 Å². The molecule has 0 heterocycles. The number of benzene rings is 1. The molecule has 0 saturated heterocycles. The molecule has 1 aliphatic carbocycles. The molecule has 0 aromatic heterocycles. The first kappa shape index (κ1) is 11.5. The Morgan fingerprint density at radius 2 is 2.00 bits per heavy atom. The van der Waals surface area contributed by atoms with Crippen LogP contribution >= 0.6 is 12.4 Å². The third-order valence-electron chi connectivity index (χ3n) is 2.84. The Balaban J connectivity index is 0.000000980. The largest absolute Gasteiger partial charge is 0.314 e. The molecule has 1 aromatic carbocycles. The van der Waals surface area contributed by atoms with E-state index in [0.717, 1.165) is 6.54 Å². The summed E-state index contributed by atoms with van der Waals surface area (Å²) in [5, 5.41) is 3.53. The molecule has 1 aromatic rings. The van der Waals surface area contributed by atoms with Gasteiger partial charge in [-0.15, -0.1) is 12.4 Å². The molecule has 2 heteroatoms. The zero-order chi connectivity index (χ0) is 9.10. The van der Waals surface area contributed by atoms with Crippen molar-refractivity contribution in [3.8, 4) is 0 Å². The summed E-state index contributed by atoms with van der Waals surface area (Å²) in [5.41, 5.74) is 3.09. The summed E-state index contributed by atoms with van der Waals surface area (Å²) >= 11 is 0. The van der Waals surface area contributed by atoms with Crippen molar-refractivity contribution in [2.45, 2.75) is 32.2 Å². The van der Waals surface area contributed by atoms with Crippen LogP contribution in [-0.2, 0) is 12.8 Å². The summed E-state index contributed by atoms with van der Waals surface area (Å²) in [6.07, 6.45) is 3.75. The minimum absolute atomic E-state index is 0. The van der Waals surface area contributed by atoms with Crippen molar-refractivity contribution < 1.29 is 0 Å². The zero-order valence-corrected chi connectivity index (χ0v) is 9.44. The Bertz CT molecular complexity index is 285. The molecule has 1 nitrogen and oxygen atoms in total. The monoisotopic (exact) mass is 211 g/mol. The van der Waals surface area contributed by atoms with Gasteiger partial charge < -0.3 is 5.32 Å². The van der Waals surface area contributed by atoms with Crippen LogP contribution in [0.1, 0.15) is 24.5 Å². The molecule has 0 radical (unpaired) electrons. The van der Waals surface area contributed by atoms with E-state index in [-0.39, 0.29) is 12.4 Å². The third kappa shape index (κ3) is 2.49. The fraction of sp³-hybridized carbons (Fsp3) is 0.500. The van der Waals surface area contributed by atoms with E-state index in [4.69, 9.17) is 0 Å².